The highest BCUT2D eigenvalue weighted by atomic mass is 79.9. The van der Waals surface area contributed by atoms with Crippen LogP contribution in [0.4, 0.5) is 0 Å². The molecule has 0 N–H and O–H groups in total. The molecule has 0 radical (unpaired) electrons. The molecule has 0 saturated heterocycles. The Labute approximate surface area is 107 Å². The number of Topliss-reactive ketones (excluding diaryl/α,β-unsaturated/α-hetero) is 1. The van der Waals surface area contributed by atoms with Gasteiger partial charge in [0.05, 0.1) is 17.5 Å². The number of hydrogen-bond donors (Lipinski definition) is 0. The second-order valence-corrected chi connectivity index (χ2v) is 4.52. The minimum Gasteiger partial charge on any atom is -0.465 e. The van der Waals surface area contributed by atoms with Crippen molar-refractivity contribution in [1.82, 2.24) is 0 Å². The van der Waals surface area contributed by atoms with Crippen molar-refractivity contribution in [1.29, 1.82) is 0 Å². The summed E-state index contributed by atoms with van der Waals surface area (Å²) >= 11 is 9.21. The zero-order valence-corrected chi connectivity index (χ0v) is 11.1. The molecular weight excluding hydrogens is 295 g/mol. The number of carbonyl (C=O) groups excluding carboxylic acids is 2. The van der Waals surface area contributed by atoms with Gasteiger partial charge in [-0.05, 0) is 24.6 Å². The lowest BCUT2D eigenvalue weighted by molar-refractivity contribution is -0.116. The summed E-state index contributed by atoms with van der Waals surface area (Å²) in [5.41, 5.74) is 1.00. The average Bonchev–Trinajstić information content (AvgIpc) is 2.26. The van der Waals surface area contributed by atoms with E-state index in [4.69, 9.17) is 11.6 Å². The first-order chi connectivity index (χ1) is 7.47. The maximum Gasteiger partial charge on any atom is 0.337 e. The zero-order chi connectivity index (χ0) is 12.3. The molecule has 1 aromatic carbocycles. The van der Waals surface area contributed by atoms with Crippen molar-refractivity contribution in [3.05, 3.63) is 34.3 Å². The second kappa shape index (κ2) is 5.46. The van der Waals surface area contributed by atoms with Crippen LogP contribution in [0.3, 0.4) is 0 Å². The van der Waals surface area contributed by atoms with E-state index in [0.717, 1.165) is 0 Å². The van der Waals surface area contributed by atoms with Crippen LogP contribution in [0.5, 0.6) is 0 Å². The van der Waals surface area contributed by atoms with Gasteiger partial charge in [0.1, 0.15) is 5.78 Å². The summed E-state index contributed by atoms with van der Waals surface area (Å²) in [6, 6.07) is 4.69. The molecule has 1 rings (SSSR count). The first-order valence-corrected chi connectivity index (χ1v) is 5.79. The molecule has 0 saturated carbocycles. The van der Waals surface area contributed by atoms with Gasteiger partial charge in [0.15, 0.2) is 0 Å². The molecule has 1 unspecified atom stereocenters. The number of alkyl halides is 1. The Morgan fingerprint density at radius 2 is 2.06 bits per heavy atom. The van der Waals surface area contributed by atoms with Gasteiger partial charge in [-0.2, -0.15) is 0 Å². The molecule has 1 atom stereocenters. The van der Waals surface area contributed by atoms with Gasteiger partial charge in [0.2, 0.25) is 0 Å². The lowest BCUT2D eigenvalue weighted by Crippen LogP contribution is -2.05. The molecule has 3 nitrogen and oxygen atoms in total. The summed E-state index contributed by atoms with van der Waals surface area (Å²) in [5.74, 6) is -0.505. The van der Waals surface area contributed by atoms with Gasteiger partial charge < -0.3 is 4.74 Å². The number of ketones is 1. The summed E-state index contributed by atoms with van der Waals surface area (Å²) in [5, 5.41) is 0.361. The summed E-state index contributed by atoms with van der Waals surface area (Å²) < 4.78 is 4.56. The van der Waals surface area contributed by atoms with Crippen molar-refractivity contribution >= 4 is 39.3 Å². The third-order valence-corrected chi connectivity index (χ3v) is 3.52. The van der Waals surface area contributed by atoms with Gasteiger partial charge in [-0.1, -0.05) is 33.6 Å². The molecule has 0 heterocycles. The van der Waals surface area contributed by atoms with Crippen molar-refractivity contribution in [2.24, 2.45) is 0 Å². The van der Waals surface area contributed by atoms with E-state index in [2.05, 4.69) is 20.7 Å². The normalized spacial score (nSPS) is 12.0. The van der Waals surface area contributed by atoms with Crippen LogP contribution in [-0.2, 0) is 9.53 Å². The fraction of sp³-hybridized carbons (Fsp3) is 0.273. The number of benzene rings is 1. The lowest BCUT2D eigenvalue weighted by Gasteiger charge is -2.09. The van der Waals surface area contributed by atoms with Gasteiger partial charge in [0.25, 0.3) is 0 Å². The van der Waals surface area contributed by atoms with E-state index in [1.807, 2.05) is 0 Å². The van der Waals surface area contributed by atoms with Crippen molar-refractivity contribution in [2.45, 2.75) is 11.8 Å². The van der Waals surface area contributed by atoms with Crippen LogP contribution in [0, 0.1) is 0 Å². The Kier molecular flexibility index (Phi) is 4.50. The molecular formula is C11H10BrClO3. The van der Waals surface area contributed by atoms with Crippen molar-refractivity contribution in [2.75, 3.05) is 7.11 Å². The van der Waals surface area contributed by atoms with Crippen LogP contribution in [0.1, 0.15) is 27.7 Å². The van der Waals surface area contributed by atoms with E-state index in [1.165, 1.54) is 20.1 Å². The topological polar surface area (TPSA) is 43.4 Å². The third-order valence-electron chi connectivity index (χ3n) is 2.05. The molecule has 0 amide bonds. The summed E-state index contributed by atoms with van der Waals surface area (Å²) in [4.78, 5) is 21.9. The Balaban J connectivity index is 3.09. The minimum absolute atomic E-state index is 0.0484. The van der Waals surface area contributed by atoms with Crippen LogP contribution >= 0.6 is 27.5 Å². The number of ether oxygens (including phenoxy) is 1. The van der Waals surface area contributed by atoms with Gasteiger partial charge >= 0.3 is 5.97 Å². The number of carbonyl (C=O) groups is 2. The molecule has 5 heteroatoms. The largest absolute Gasteiger partial charge is 0.465 e. The Hall–Kier alpha value is -0.870. The number of rotatable bonds is 3. The van der Waals surface area contributed by atoms with Crippen molar-refractivity contribution in [3.8, 4) is 0 Å². The zero-order valence-electron chi connectivity index (χ0n) is 8.79. The minimum atomic E-state index is -0.456. The molecule has 0 bridgehead atoms. The predicted octanol–water partition coefficient (Wildman–Crippen LogP) is 3.15. The van der Waals surface area contributed by atoms with E-state index in [1.54, 1.807) is 12.1 Å². The third kappa shape index (κ3) is 2.83. The van der Waals surface area contributed by atoms with E-state index < -0.39 is 10.8 Å². The lowest BCUT2D eigenvalue weighted by atomic mass is 10.1. The number of methoxy groups -OCH3 is 1. The highest BCUT2D eigenvalue weighted by Gasteiger charge is 2.17. The van der Waals surface area contributed by atoms with Crippen LogP contribution < -0.4 is 0 Å². The number of halogens is 2. The molecule has 0 aromatic heterocycles. The van der Waals surface area contributed by atoms with E-state index in [-0.39, 0.29) is 5.78 Å². The molecule has 16 heavy (non-hydrogen) atoms. The standard InChI is InChI=1S/C11H10BrClO3/c1-6(14)10(12)8-4-3-7(5-9(8)13)11(15)16-2/h3-5,10H,1-2H3. The maximum absolute atomic E-state index is 11.2. The van der Waals surface area contributed by atoms with E-state index >= 15 is 0 Å². The fourth-order valence-electron chi connectivity index (χ4n) is 1.20. The molecule has 0 aliphatic heterocycles. The van der Waals surface area contributed by atoms with Crippen LogP contribution in [-0.4, -0.2) is 18.9 Å². The average molecular weight is 306 g/mol. The highest BCUT2D eigenvalue weighted by Crippen LogP contribution is 2.30. The number of esters is 1. The van der Waals surface area contributed by atoms with Crippen LogP contribution in [0.15, 0.2) is 18.2 Å². The monoisotopic (exact) mass is 304 g/mol. The molecule has 0 aliphatic rings. The van der Waals surface area contributed by atoms with Gasteiger partial charge in [-0.15, -0.1) is 0 Å². The molecule has 0 aliphatic carbocycles. The van der Waals surface area contributed by atoms with Crippen molar-refractivity contribution in [3.63, 3.8) is 0 Å². The van der Waals surface area contributed by atoms with Crippen LogP contribution in [0.2, 0.25) is 5.02 Å². The SMILES string of the molecule is COC(=O)c1ccc(C(Br)C(C)=O)c(Cl)c1. The second-order valence-electron chi connectivity index (χ2n) is 3.20. The summed E-state index contributed by atoms with van der Waals surface area (Å²) in [6.07, 6.45) is 0. The predicted molar refractivity (Wildman–Crippen MR) is 65.1 cm³/mol. The Morgan fingerprint density at radius 1 is 1.44 bits per heavy atom. The van der Waals surface area contributed by atoms with E-state index in [0.29, 0.717) is 16.1 Å². The van der Waals surface area contributed by atoms with Gasteiger partial charge in [0, 0.05) is 5.02 Å². The Bertz CT molecular complexity index is 431. The maximum atomic E-state index is 11.2. The number of hydrogen-bond acceptors (Lipinski definition) is 3. The quantitative estimate of drug-likeness (QED) is 0.636. The highest BCUT2D eigenvalue weighted by molar-refractivity contribution is 9.09. The first-order valence-electron chi connectivity index (χ1n) is 4.49. The fourth-order valence-corrected chi connectivity index (χ4v) is 2.02. The Morgan fingerprint density at radius 3 is 2.50 bits per heavy atom. The molecule has 86 valence electrons. The van der Waals surface area contributed by atoms with Gasteiger partial charge in [-0.3, -0.25) is 4.79 Å². The van der Waals surface area contributed by atoms with Crippen molar-refractivity contribution < 1.29 is 14.3 Å². The molecule has 0 fully saturated rings. The van der Waals surface area contributed by atoms with Gasteiger partial charge in [-0.25, -0.2) is 4.79 Å². The molecule has 1 aromatic rings. The summed E-state index contributed by atoms with van der Waals surface area (Å²) in [6.45, 7) is 1.46. The smallest absolute Gasteiger partial charge is 0.337 e. The van der Waals surface area contributed by atoms with E-state index in [9.17, 15) is 9.59 Å². The van der Waals surface area contributed by atoms with Crippen LogP contribution in [0.25, 0.3) is 0 Å². The summed E-state index contributed by atoms with van der Waals surface area (Å²) in [7, 11) is 1.30. The first kappa shape index (κ1) is 13.2. The molecule has 0 spiro atoms.